The second kappa shape index (κ2) is 3.29. The molecule has 0 spiro atoms. The van der Waals surface area contributed by atoms with Crippen molar-refractivity contribution in [2.75, 3.05) is 0 Å². The van der Waals surface area contributed by atoms with Crippen LogP contribution in [-0.4, -0.2) is 4.57 Å². The molecule has 2 heteroatoms. The summed E-state index contributed by atoms with van der Waals surface area (Å²) in [7, 11) is 0. The van der Waals surface area contributed by atoms with E-state index in [1.165, 1.54) is 0 Å². The van der Waals surface area contributed by atoms with Crippen molar-refractivity contribution in [2.24, 2.45) is 0 Å². The van der Waals surface area contributed by atoms with E-state index in [2.05, 4.69) is 11.5 Å². The van der Waals surface area contributed by atoms with Crippen LogP contribution in [0.2, 0.25) is 0 Å². The van der Waals surface area contributed by atoms with Crippen LogP contribution in [0.25, 0.3) is 10.9 Å². The van der Waals surface area contributed by atoms with Gasteiger partial charge in [0.15, 0.2) is 5.43 Å². The van der Waals surface area contributed by atoms with E-state index in [9.17, 15) is 4.79 Å². The smallest absolute Gasteiger partial charge is 0.189 e. The molecular weight excluding hydrogens is 174 g/mol. The predicted octanol–water partition coefficient (Wildman–Crippen LogP) is 2.33. The van der Waals surface area contributed by atoms with Crippen LogP contribution in [0.1, 0.15) is 12.5 Å². The van der Waals surface area contributed by atoms with Crippen LogP contribution in [0.3, 0.4) is 0 Å². The Balaban J connectivity index is 2.91. The summed E-state index contributed by atoms with van der Waals surface area (Å²) in [6.45, 7) is 4.96. The summed E-state index contributed by atoms with van der Waals surface area (Å²) in [6, 6.07) is 7.62. The minimum Gasteiger partial charge on any atom is -0.348 e. The number of hydrogen-bond donors (Lipinski definition) is 0. The lowest BCUT2D eigenvalue weighted by molar-refractivity contribution is 0.788. The van der Waals surface area contributed by atoms with Gasteiger partial charge < -0.3 is 4.57 Å². The minimum atomic E-state index is 0.105. The number of fused-ring (bicyclic) bond motifs is 1. The molecule has 0 radical (unpaired) electrons. The van der Waals surface area contributed by atoms with Gasteiger partial charge >= 0.3 is 0 Å². The van der Waals surface area contributed by atoms with Crippen LogP contribution >= 0.6 is 0 Å². The highest BCUT2D eigenvalue weighted by atomic mass is 16.1. The Morgan fingerprint density at radius 1 is 1.29 bits per heavy atom. The van der Waals surface area contributed by atoms with E-state index in [0.717, 1.165) is 23.0 Å². The van der Waals surface area contributed by atoms with E-state index in [0.29, 0.717) is 0 Å². The van der Waals surface area contributed by atoms with Crippen molar-refractivity contribution in [3.05, 3.63) is 46.2 Å². The Hall–Kier alpha value is -1.57. The van der Waals surface area contributed by atoms with Crippen molar-refractivity contribution in [3.63, 3.8) is 0 Å². The highest BCUT2D eigenvalue weighted by Gasteiger charge is 2.00. The van der Waals surface area contributed by atoms with Crippen LogP contribution in [-0.2, 0) is 6.54 Å². The molecule has 1 aromatic carbocycles. The molecule has 72 valence electrons. The number of rotatable bonds is 1. The fourth-order valence-corrected chi connectivity index (χ4v) is 1.70. The van der Waals surface area contributed by atoms with Crippen molar-refractivity contribution in [3.8, 4) is 0 Å². The average Bonchev–Trinajstić information content (AvgIpc) is 2.19. The van der Waals surface area contributed by atoms with Crippen LogP contribution in [0, 0.1) is 6.92 Å². The van der Waals surface area contributed by atoms with Gasteiger partial charge in [0.05, 0.1) is 5.52 Å². The fourth-order valence-electron chi connectivity index (χ4n) is 1.70. The Kier molecular flexibility index (Phi) is 2.12. The summed E-state index contributed by atoms with van der Waals surface area (Å²) in [5.41, 5.74) is 2.25. The highest BCUT2D eigenvalue weighted by molar-refractivity contribution is 5.79. The van der Waals surface area contributed by atoms with Gasteiger partial charge in [-0.05, 0) is 26.0 Å². The van der Waals surface area contributed by atoms with Crippen LogP contribution in [0.5, 0.6) is 0 Å². The quantitative estimate of drug-likeness (QED) is 0.671. The number of aryl methyl sites for hydroxylation is 2. The summed E-state index contributed by atoms with van der Waals surface area (Å²) < 4.78 is 2.08. The van der Waals surface area contributed by atoms with E-state index in [4.69, 9.17) is 0 Å². The van der Waals surface area contributed by atoms with Gasteiger partial charge in [-0.25, -0.2) is 0 Å². The molecule has 0 bridgehead atoms. The van der Waals surface area contributed by atoms with Crippen molar-refractivity contribution >= 4 is 10.9 Å². The zero-order valence-electron chi connectivity index (χ0n) is 8.45. The van der Waals surface area contributed by atoms with Crippen molar-refractivity contribution < 1.29 is 0 Å². The monoisotopic (exact) mass is 187 g/mol. The first kappa shape index (κ1) is 9.00. The summed E-state index contributed by atoms with van der Waals surface area (Å²) in [5.74, 6) is 0. The molecular formula is C12H13NO. The van der Waals surface area contributed by atoms with Crippen LogP contribution < -0.4 is 5.43 Å². The molecule has 0 atom stereocenters. The summed E-state index contributed by atoms with van der Waals surface area (Å²) in [4.78, 5) is 11.6. The van der Waals surface area contributed by atoms with E-state index in [-0.39, 0.29) is 5.43 Å². The third-order valence-corrected chi connectivity index (χ3v) is 2.47. The predicted molar refractivity (Wildman–Crippen MR) is 58.6 cm³/mol. The molecule has 0 saturated carbocycles. The van der Waals surface area contributed by atoms with Gasteiger partial charge in [-0.2, -0.15) is 0 Å². The van der Waals surface area contributed by atoms with E-state index < -0.39 is 0 Å². The third-order valence-electron chi connectivity index (χ3n) is 2.47. The maximum Gasteiger partial charge on any atom is 0.189 e. The first-order valence-corrected chi connectivity index (χ1v) is 4.82. The zero-order valence-corrected chi connectivity index (χ0v) is 8.45. The average molecular weight is 187 g/mol. The number of aromatic nitrogens is 1. The summed E-state index contributed by atoms with van der Waals surface area (Å²) in [5, 5.41) is 0.814. The Labute approximate surface area is 82.8 Å². The molecule has 1 aromatic heterocycles. The van der Waals surface area contributed by atoms with E-state index in [1.54, 1.807) is 6.07 Å². The molecule has 0 saturated heterocycles. The van der Waals surface area contributed by atoms with Crippen LogP contribution in [0.4, 0.5) is 0 Å². The van der Waals surface area contributed by atoms with Gasteiger partial charge in [0.2, 0.25) is 0 Å². The Bertz CT molecular complexity index is 525. The molecule has 0 N–H and O–H groups in total. The molecule has 0 fully saturated rings. The van der Waals surface area contributed by atoms with E-state index >= 15 is 0 Å². The SMILES string of the molecule is CCn1ccc(=O)c2cc(C)ccc21. The van der Waals surface area contributed by atoms with Crippen molar-refractivity contribution in [2.45, 2.75) is 20.4 Å². The van der Waals surface area contributed by atoms with Gasteiger partial charge in [0.25, 0.3) is 0 Å². The molecule has 2 rings (SSSR count). The molecule has 2 nitrogen and oxygen atoms in total. The molecule has 0 unspecified atom stereocenters. The zero-order chi connectivity index (χ0) is 10.1. The van der Waals surface area contributed by atoms with Gasteiger partial charge in [0.1, 0.15) is 0 Å². The lowest BCUT2D eigenvalue weighted by Gasteiger charge is -2.07. The van der Waals surface area contributed by atoms with Crippen molar-refractivity contribution in [1.29, 1.82) is 0 Å². The molecule has 0 aliphatic rings. The summed E-state index contributed by atoms with van der Waals surface area (Å²) in [6.07, 6.45) is 1.85. The van der Waals surface area contributed by atoms with Gasteiger partial charge in [-0.15, -0.1) is 0 Å². The number of benzene rings is 1. The number of pyridine rings is 1. The topological polar surface area (TPSA) is 22.0 Å². The molecule has 1 heterocycles. The molecule has 0 aliphatic heterocycles. The highest BCUT2D eigenvalue weighted by Crippen LogP contribution is 2.11. The van der Waals surface area contributed by atoms with Crippen molar-refractivity contribution in [1.82, 2.24) is 4.57 Å². The largest absolute Gasteiger partial charge is 0.348 e. The lowest BCUT2D eigenvalue weighted by Crippen LogP contribution is -2.06. The molecule has 14 heavy (non-hydrogen) atoms. The molecule has 2 aromatic rings. The summed E-state index contributed by atoms with van der Waals surface area (Å²) >= 11 is 0. The molecule has 0 amide bonds. The second-order valence-electron chi connectivity index (χ2n) is 3.49. The van der Waals surface area contributed by atoms with Gasteiger partial charge in [-0.3, -0.25) is 4.79 Å². The maximum absolute atomic E-state index is 11.6. The maximum atomic E-state index is 11.6. The van der Waals surface area contributed by atoms with Gasteiger partial charge in [-0.1, -0.05) is 11.6 Å². The second-order valence-corrected chi connectivity index (χ2v) is 3.49. The number of nitrogens with zero attached hydrogens (tertiary/aromatic N) is 1. The number of hydrogen-bond acceptors (Lipinski definition) is 1. The lowest BCUT2D eigenvalue weighted by atomic mass is 10.1. The standard InChI is InChI=1S/C12H13NO/c1-3-13-7-6-12(14)10-8-9(2)4-5-11(10)13/h4-8H,3H2,1-2H3. The molecule has 0 aliphatic carbocycles. The van der Waals surface area contributed by atoms with Gasteiger partial charge in [0, 0.05) is 24.2 Å². The third kappa shape index (κ3) is 1.33. The Morgan fingerprint density at radius 3 is 2.79 bits per heavy atom. The van der Waals surface area contributed by atoms with Crippen LogP contribution in [0.15, 0.2) is 35.3 Å². The minimum absolute atomic E-state index is 0.105. The normalized spacial score (nSPS) is 10.7. The first-order valence-electron chi connectivity index (χ1n) is 4.82. The fraction of sp³-hybridized carbons (Fsp3) is 0.250. The van der Waals surface area contributed by atoms with E-state index in [1.807, 2.05) is 31.3 Å². The Morgan fingerprint density at radius 2 is 2.07 bits per heavy atom. The first-order chi connectivity index (χ1) is 6.72.